The first-order valence-corrected chi connectivity index (χ1v) is 8.20. The smallest absolute Gasteiger partial charge is 0.240 e. The second kappa shape index (κ2) is 7.44. The molecule has 0 spiro atoms. The van der Waals surface area contributed by atoms with Crippen molar-refractivity contribution in [2.24, 2.45) is 0 Å². The Morgan fingerprint density at radius 3 is 2.92 bits per heavy atom. The first kappa shape index (κ1) is 17.1. The van der Waals surface area contributed by atoms with E-state index in [4.69, 9.17) is 9.15 Å². The summed E-state index contributed by atoms with van der Waals surface area (Å²) in [6.07, 6.45) is 3.06. The largest absolute Gasteiger partial charge is 0.497 e. The Morgan fingerprint density at radius 2 is 2.20 bits per heavy atom. The molecule has 132 valence electrons. The molecule has 1 amide bonds. The van der Waals surface area contributed by atoms with Gasteiger partial charge in [-0.3, -0.25) is 4.79 Å². The minimum atomic E-state index is -0.731. The third kappa shape index (κ3) is 4.03. The molecule has 0 aliphatic heterocycles. The molecule has 0 bridgehead atoms. The molecular formula is C19H22N2O4. The van der Waals surface area contributed by atoms with Crippen LogP contribution in [-0.4, -0.2) is 28.7 Å². The highest BCUT2D eigenvalue weighted by atomic mass is 16.5. The monoisotopic (exact) mass is 342 g/mol. The molecular weight excluding hydrogens is 320 g/mol. The fourth-order valence-electron chi connectivity index (χ4n) is 2.91. The number of nitrogens with zero attached hydrogens (tertiary/aromatic N) is 1. The van der Waals surface area contributed by atoms with Gasteiger partial charge in [-0.05, 0) is 43.3 Å². The summed E-state index contributed by atoms with van der Waals surface area (Å²) < 4.78 is 12.3. The second-order valence-corrected chi connectivity index (χ2v) is 6.10. The second-order valence-electron chi connectivity index (χ2n) is 6.10. The first-order chi connectivity index (χ1) is 12.1. The van der Waals surface area contributed by atoms with Crippen LogP contribution < -0.4 is 10.1 Å². The van der Waals surface area contributed by atoms with Gasteiger partial charge >= 0.3 is 0 Å². The lowest BCUT2D eigenvalue weighted by atomic mass is 10.1. The summed E-state index contributed by atoms with van der Waals surface area (Å²) in [4.78, 5) is 12.3. The zero-order valence-corrected chi connectivity index (χ0v) is 14.3. The van der Waals surface area contributed by atoms with E-state index < -0.39 is 6.10 Å². The van der Waals surface area contributed by atoms with E-state index >= 15 is 0 Å². The lowest BCUT2D eigenvalue weighted by Crippen LogP contribution is -2.35. The van der Waals surface area contributed by atoms with Gasteiger partial charge < -0.3 is 24.1 Å². The van der Waals surface area contributed by atoms with Gasteiger partial charge in [0.1, 0.15) is 24.2 Å². The number of carbonyl (C=O) groups is 1. The fraction of sp³-hybridized carbons (Fsp3) is 0.316. The van der Waals surface area contributed by atoms with Crippen LogP contribution in [0.4, 0.5) is 0 Å². The number of aromatic nitrogens is 1. The van der Waals surface area contributed by atoms with Crippen LogP contribution in [-0.2, 0) is 11.3 Å². The number of fused-ring (bicyclic) bond motifs is 1. The van der Waals surface area contributed by atoms with Crippen LogP contribution in [0.15, 0.2) is 53.3 Å². The summed E-state index contributed by atoms with van der Waals surface area (Å²) >= 11 is 0. The highest BCUT2D eigenvalue weighted by Crippen LogP contribution is 2.22. The average Bonchev–Trinajstić information content (AvgIpc) is 3.24. The van der Waals surface area contributed by atoms with Crippen LogP contribution in [0.5, 0.6) is 5.75 Å². The summed E-state index contributed by atoms with van der Waals surface area (Å²) in [6.45, 7) is 2.08. The van der Waals surface area contributed by atoms with Crippen molar-refractivity contribution in [3.63, 3.8) is 0 Å². The van der Waals surface area contributed by atoms with Crippen LogP contribution >= 0.6 is 0 Å². The van der Waals surface area contributed by atoms with Gasteiger partial charge in [-0.25, -0.2) is 0 Å². The molecule has 2 N–H and O–H groups in total. The van der Waals surface area contributed by atoms with Gasteiger partial charge in [-0.1, -0.05) is 0 Å². The predicted octanol–water partition coefficient (Wildman–Crippen LogP) is 2.87. The lowest BCUT2D eigenvalue weighted by Gasteiger charge is -2.17. The van der Waals surface area contributed by atoms with Crippen molar-refractivity contribution in [3.05, 3.63) is 54.6 Å². The number of carbonyl (C=O) groups excluding carboxylic acids is 1. The van der Waals surface area contributed by atoms with Crippen LogP contribution in [0.3, 0.4) is 0 Å². The molecule has 2 aromatic heterocycles. The van der Waals surface area contributed by atoms with Crippen molar-refractivity contribution in [3.8, 4) is 5.75 Å². The van der Waals surface area contributed by atoms with Crippen molar-refractivity contribution in [1.29, 1.82) is 0 Å². The number of aliphatic hydroxyl groups is 1. The lowest BCUT2D eigenvalue weighted by molar-refractivity contribution is -0.122. The summed E-state index contributed by atoms with van der Waals surface area (Å²) in [5.41, 5.74) is 0.972. The van der Waals surface area contributed by atoms with Crippen molar-refractivity contribution >= 4 is 16.8 Å². The van der Waals surface area contributed by atoms with E-state index in [-0.39, 0.29) is 18.5 Å². The molecule has 0 aliphatic rings. The fourth-order valence-corrected chi connectivity index (χ4v) is 2.91. The molecule has 2 heterocycles. The Bertz CT molecular complexity index is 838. The third-order valence-corrected chi connectivity index (χ3v) is 4.15. The molecule has 6 nitrogen and oxygen atoms in total. The molecule has 25 heavy (non-hydrogen) atoms. The SMILES string of the molecule is COc1ccc2c(ccn2CC(=O)NC(C)CC(O)c2ccco2)c1. The standard InChI is InChI=1S/C19H22N2O4/c1-13(10-17(22)18-4-3-9-25-18)20-19(23)12-21-8-7-14-11-15(24-2)5-6-16(14)21/h3-9,11,13,17,22H,10,12H2,1-2H3,(H,20,23). The average molecular weight is 342 g/mol. The molecule has 2 atom stereocenters. The number of methoxy groups -OCH3 is 1. The van der Waals surface area contributed by atoms with Gasteiger partial charge in [0.15, 0.2) is 0 Å². The summed E-state index contributed by atoms with van der Waals surface area (Å²) in [7, 11) is 1.63. The Kier molecular flexibility index (Phi) is 5.09. The van der Waals surface area contributed by atoms with E-state index in [1.54, 1.807) is 19.2 Å². The van der Waals surface area contributed by atoms with Gasteiger partial charge in [-0.2, -0.15) is 0 Å². The molecule has 6 heteroatoms. The minimum absolute atomic E-state index is 0.104. The molecule has 0 fully saturated rings. The Hall–Kier alpha value is -2.73. The normalized spacial score (nSPS) is 13.6. The highest BCUT2D eigenvalue weighted by Gasteiger charge is 2.16. The number of aliphatic hydroxyl groups excluding tert-OH is 1. The molecule has 3 aromatic rings. The van der Waals surface area contributed by atoms with Gasteiger partial charge in [0.2, 0.25) is 5.91 Å². The number of nitrogens with one attached hydrogen (secondary N) is 1. The molecule has 0 aliphatic carbocycles. The quantitative estimate of drug-likeness (QED) is 0.692. The van der Waals surface area contributed by atoms with E-state index in [0.29, 0.717) is 12.2 Å². The van der Waals surface area contributed by atoms with E-state index in [0.717, 1.165) is 16.7 Å². The number of hydrogen-bond donors (Lipinski definition) is 2. The zero-order valence-electron chi connectivity index (χ0n) is 14.3. The molecule has 3 rings (SSSR count). The van der Waals surface area contributed by atoms with E-state index in [1.807, 2.05) is 42.0 Å². The molecule has 1 aromatic carbocycles. The summed E-state index contributed by atoms with van der Waals surface area (Å²) in [5.74, 6) is 1.19. The van der Waals surface area contributed by atoms with Crippen molar-refractivity contribution < 1.29 is 19.1 Å². The molecule has 0 saturated carbocycles. The van der Waals surface area contributed by atoms with Crippen molar-refractivity contribution in [1.82, 2.24) is 9.88 Å². The first-order valence-electron chi connectivity index (χ1n) is 8.20. The number of hydrogen-bond acceptors (Lipinski definition) is 4. The Labute approximate surface area is 146 Å². The Morgan fingerprint density at radius 1 is 1.36 bits per heavy atom. The van der Waals surface area contributed by atoms with Gasteiger partial charge in [0, 0.05) is 29.6 Å². The maximum Gasteiger partial charge on any atom is 0.240 e. The topological polar surface area (TPSA) is 76.6 Å². The van der Waals surface area contributed by atoms with Crippen LogP contribution in [0.2, 0.25) is 0 Å². The van der Waals surface area contributed by atoms with E-state index in [2.05, 4.69) is 5.32 Å². The van der Waals surface area contributed by atoms with Crippen LogP contribution in [0.25, 0.3) is 10.9 Å². The maximum atomic E-state index is 12.3. The number of ether oxygens (including phenoxy) is 1. The van der Waals surface area contributed by atoms with Crippen molar-refractivity contribution in [2.45, 2.75) is 32.0 Å². The number of amides is 1. The van der Waals surface area contributed by atoms with Crippen LogP contribution in [0.1, 0.15) is 25.2 Å². The number of benzene rings is 1. The van der Waals surface area contributed by atoms with Crippen LogP contribution in [0, 0.1) is 0 Å². The Balaban J connectivity index is 1.59. The zero-order chi connectivity index (χ0) is 17.8. The number of furan rings is 1. The third-order valence-electron chi connectivity index (χ3n) is 4.15. The molecule has 0 saturated heterocycles. The summed E-state index contributed by atoms with van der Waals surface area (Å²) in [5, 5.41) is 14.0. The van der Waals surface area contributed by atoms with Gasteiger partial charge in [0.25, 0.3) is 0 Å². The van der Waals surface area contributed by atoms with Crippen molar-refractivity contribution in [2.75, 3.05) is 7.11 Å². The predicted molar refractivity (Wildman–Crippen MR) is 94.4 cm³/mol. The van der Waals surface area contributed by atoms with Gasteiger partial charge in [0.05, 0.1) is 13.4 Å². The molecule has 0 radical (unpaired) electrons. The maximum absolute atomic E-state index is 12.3. The summed E-state index contributed by atoms with van der Waals surface area (Å²) in [6, 6.07) is 11.0. The van der Waals surface area contributed by atoms with E-state index in [1.165, 1.54) is 6.26 Å². The molecule has 2 unspecified atom stereocenters. The highest BCUT2D eigenvalue weighted by molar-refractivity contribution is 5.84. The van der Waals surface area contributed by atoms with E-state index in [9.17, 15) is 9.90 Å². The number of rotatable bonds is 7. The van der Waals surface area contributed by atoms with Gasteiger partial charge in [-0.15, -0.1) is 0 Å². The minimum Gasteiger partial charge on any atom is -0.497 e.